The summed E-state index contributed by atoms with van der Waals surface area (Å²) in [4.78, 5) is 9.17. The lowest BCUT2D eigenvalue weighted by atomic mass is 9.92. The summed E-state index contributed by atoms with van der Waals surface area (Å²) in [5.41, 5.74) is 4.31. The SMILES string of the molecule is CN(C)C1=CC[C@@H]2N=C(C3=CN[C@H](N(C)C)C(OCC(CF)O[Si](C)(C)C(C)(C)C)=C3)C=CC2=C1. The van der Waals surface area contributed by atoms with Crippen molar-refractivity contribution in [3.63, 3.8) is 0 Å². The first kappa shape index (κ1) is 27.4. The lowest BCUT2D eigenvalue weighted by molar-refractivity contribution is 0.0445. The molecule has 0 amide bonds. The van der Waals surface area contributed by atoms with E-state index < -0.39 is 21.1 Å². The topological polar surface area (TPSA) is 49.3 Å². The van der Waals surface area contributed by atoms with Crippen molar-refractivity contribution in [2.75, 3.05) is 41.5 Å². The predicted octanol–water partition coefficient (Wildman–Crippen LogP) is 4.78. The van der Waals surface area contributed by atoms with Crippen LogP contribution in [-0.4, -0.2) is 83.6 Å². The fraction of sp³-hybridized carbons (Fsp3) is 0.593. The number of fused-ring (bicyclic) bond motifs is 1. The van der Waals surface area contributed by atoms with Crippen molar-refractivity contribution in [2.45, 2.75) is 63.6 Å². The molecule has 0 aromatic heterocycles. The molecule has 0 fully saturated rings. The highest BCUT2D eigenvalue weighted by atomic mass is 28.4. The molecule has 2 aliphatic heterocycles. The molecule has 194 valence electrons. The molecule has 0 radical (unpaired) electrons. The van der Waals surface area contributed by atoms with Crippen molar-refractivity contribution in [1.29, 1.82) is 0 Å². The molecule has 3 atom stereocenters. The quantitative estimate of drug-likeness (QED) is 0.460. The number of halogens is 1. The molecule has 0 saturated carbocycles. The molecule has 3 rings (SSSR count). The average Bonchev–Trinajstić information content (AvgIpc) is 2.79. The van der Waals surface area contributed by atoms with Crippen molar-refractivity contribution in [3.05, 3.63) is 59.2 Å². The number of aliphatic imine (C=N–C) groups is 1. The number of nitrogens with zero attached hydrogens (tertiary/aromatic N) is 3. The summed E-state index contributed by atoms with van der Waals surface area (Å²) in [6.07, 6.45) is 12.8. The van der Waals surface area contributed by atoms with E-state index in [-0.39, 0.29) is 23.9 Å². The summed E-state index contributed by atoms with van der Waals surface area (Å²) in [6.45, 7) is 10.3. The first-order chi connectivity index (χ1) is 16.3. The molecule has 8 heteroatoms. The number of nitrogens with one attached hydrogen (secondary N) is 1. The van der Waals surface area contributed by atoms with E-state index in [2.05, 4.69) is 82.5 Å². The zero-order valence-electron chi connectivity index (χ0n) is 22.9. The summed E-state index contributed by atoms with van der Waals surface area (Å²) >= 11 is 0. The fourth-order valence-corrected chi connectivity index (χ4v) is 5.26. The number of hydrogen-bond acceptors (Lipinski definition) is 6. The minimum absolute atomic E-state index is 0.00847. The Kier molecular flexibility index (Phi) is 8.50. The van der Waals surface area contributed by atoms with Gasteiger partial charge >= 0.3 is 0 Å². The number of dihydropyridines is 2. The van der Waals surface area contributed by atoms with Crippen molar-refractivity contribution >= 4 is 14.0 Å². The zero-order valence-corrected chi connectivity index (χ0v) is 23.9. The second-order valence-corrected chi connectivity index (χ2v) is 16.2. The van der Waals surface area contributed by atoms with Crippen LogP contribution in [0.2, 0.25) is 18.1 Å². The predicted molar refractivity (Wildman–Crippen MR) is 146 cm³/mol. The van der Waals surface area contributed by atoms with Crippen LogP contribution >= 0.6 is 0 Å². The Labute approximate surface area is 212 Å². The van der Waals surface area contributed by atoms with Crippen LogP contribution in [0.4, 0.5) is 4.39 Å². The van der Waals surface area contributed by atoms with Crippen molar-refractivity contribution < 1.29 is 13.6 Å². The van der Waals surface area contributed by atoms with Gasteiger partial charge in [0, 0.05) is 31.6 Å². The maximum atomic E-state index is 13.9. The van der Waals surface area contributed by atoms with E-state index in [0.717, 1.165) is 23.5 Å². The maximum absolute atomic E-state index is 13.9. The van der Waals surface area contributed by atoms with Gasteiger partial charge in [0.1, 0.15) is 31.3 Å². The molecule has 1 aliphatic carbocycles. The highest BCUT2D eigenvalue weighted by Gasteiger charge is 2.39. The molecule has 0 spiro atoms. The molecule has 0 bridgehead atoms. The Morgan fingerprint density at radius 1 is 1.17 bits per heavy atom. The van der Waals surface area contributed by atoms with Crippen LogP contribution in [0.25, 0.3) is 0 Å². The highest BCUT2D eigenvalue weighted by molar-refractivity contribution is 6.74. The van der Waals surface area contributed by atoms with E-state index in [0.29, 0.717) is 0 Å². The molecular formula is C27H43FN4O2Si. The van der Waals surface area contributed by atoms with Crippen LogP contribution < -0.4 is 5.32 Å². The number of allylic oxidation sites excluding steroid dienone is 4. The van der Waals surface area contributed by atoms with Gasteiger partial charge in [-0.15, -0.1) is 0 Å². The van der Waals surface area contributed by atoms with E-state index in [1.807, 2.05) is 31.3 Å². The smallest absolute Gasteiger partial charge is 0.192 e. The van der Waals surface area contributed by atoms with E-state index in [1.165, 1.54) is 11.3 Å². The first-order valence-electron chi connectivity index (χ1n) is 12.4. The molecule has 35 heavy (non-hydrogen) atoms. The van der Waals surface area contributed by atoms with Crippen LogP contribution in [0.1, 0.15) is 27.2 Å². The van der Waals surface area contributed by atoms with E-state index >= 15 is 0 Å². The Morgan fingerprint density at radius 2 is 1.89 bits per heavy atom. The maximum Gasteiger partial charge on any atom is 0.192 e. The molecule has 6 nitrogen and oxygen atoms in total. The largest absolute Gasteiger partial charge is 0.491 e. The summed E-state index contributed by atoms with van der Waals surface area (Å²) in [5.74, 6) is 0.737. The number of rotatable bonds is 9. The van der Waals surface area contributed by atoms with Gasteiger partial charge in [0.25, 0.3) is 0 Å². The number of ether oxygens (including phenoxy) is 1. The minimum Gasteiger partial charge on any atom is -0.491 e. The summed E-state index contributed by atoms with van der Waals surface area (Å²) in [5, 5.41) is 3.43. The van der Waals surface area contributed by atoms with Gasteiger partial charge in [-0.2, -0.15) is 0 Å². The van der Waals surface area contributed by atoms with Crippen LogP contribution in [0.5, 0.6) is 0 Å². The molecule has 3 aliphatic rings. The standard InChI is InChI=1S/C27H43FN4O2Si/c1-27(2,3)35(8,9)34-22(16-28)18-33-25-15-20(17-29-26(25)32(6)7)24-12-10-19-14-21(31(4)5)11-13-23(19)30-24/h10-12,14-15,17,22-23,26,29H,13,16,18H2,1-9H3/t22?,23-,26+/m0/s1. The van der Waals surface area contributed by atoms with Gasteiger partial charge < -0.3 is 19.4 Å². The molecule has 0 saturated heterocycles. The second-order valence-electron chi connectivity index (χ2n) is 11.4. The van der Waals surface area contributed by atoms with Crippen LogP contribution in [-0.2, 0) is 9.16 Å². The lowest BCUT2D eigenvalue weighted by Gasteiger charge is -2.39. The fourth-order valence-electron chi connectivity index (χ4n) is 3.94. The normalized spacial score (nSPS) is 23.3. The van der Waals surface area contributed by atoms with E-state index in [4.69, 9.17) is 14.2 Å². The van der Waals surface area contributed by atoms with Gasteiger partial charge in [0.05, 0.1) is 11.8 Å². The minimum atomic E-state index is -2.10. The molecule has 2 heterocycles. The molecule has 1 N–H and O–H groups in total. The summed E-state index contributed by atoms with van der Waals surface area (Å²) < 4.78 is 26.4. The highest BCUT2D eigenvalue weighted by Crippen LogP contribution is 2.37. The third-order valence-corrected chi connectivity index (χ3v) is 11.7. The third-order valence-electron chi connectivity index (χ3n) is 7.15. The van der Waals surface area contributed by atoms with Gasteiger partial charge in [0.15, 0.2) is 8.32 Å². The Hall–Kier alpha value is -2.16. The van der Waals surface area contributed by atoms with Crippen LogP contribution in [0.15, 0.2) is 64.2 Å². The van der Waals surface area contributed by atoms with Gasteiger partial charge in [0.2, 0.25) is 0 Å². The van der Waals surface area contributed by atoms with Crippen molar-refractivity contribution in [3.8, 4) is 0 Å². The van der Waals surface area contributed by atoms with Gasteiger partial charge in [-0.1, -0.05) is 32.9 Å². The van der Waals surface area contributed by atoms with Gasteiger partial charge in [-0.05, 0) is 62.4 Å². The lowest BCUT2D eigenvalue weighted by Crippen LogP contribution is -2.47. The number of alkyl halides is 1. The van der Waals surface area contributed by atoms with Crippen molar-refractivity contribution in [1.82, 2.24) is 15.1 Å². The molecule has 0 aromatic rings. The monoisotopic (exact) mass is 502 g/mol. The zero-order chi connectivity index (χ0) is 26.0. The average molecular weight is 503 g/mol. The Balaban J connectivity index is 1.75. The van der Waals surface area contributed by atoms with Crippen molar-refractivity contribution in [2.24, 2.45) is 4.99 Å². The van der Waals surface area contributed by atoms with E-state index in [1.54, 1.807) is 0 Å². The van der Waals surface area contributed by atoms with Crippen LogP contribution in [0, 0.1) is 0 Å². The van der Waals surface area contributed by atoms with E-state index in [9.17, 15) is 4.39 Å². The molecular weight excluding hydrogens is 459 g/mol. The second kappa shape index (κ2) is 10.8. The third kappa shape index (κ3) is 6.54. The van der Waals surface area contributed by atoms with Gasteiger partial charge in [-0.25, -0.2) is 4.39 Å². The molecule has 0 aromatic carbocycles. The summed E-state index contributed by atoms with van der Waals surface area (Å²) in [7, 11) is 5.98. The van der Waals surface area contributed by atoms with Crippen LogP contribution in [0.3, 0.4) is 0 Å². The Morgan fingerprint density at radius 3 is 2.49 bits per heavy atom. The first-order valence-corrected chi connectivity index (χ1v) is 15.3. The summed E-state index contributed by atoms with van der Waals surface area (Å²) in [6, 6.07) is 0.123. The Bertz CT molecular complexity index is 970. The van der Waals surface area contributed by atoms with Gasteiger partial charge in [-0.3, -0.25) is 9.89 Å². The number of likely N-dealkylation sites (N-methyl/N-ethyl adjacent to an activating group) is 2. The number of hydrogen-bond donors (Lipinski definition) is 1. The molecule has 1 unspecified atom stereocenters.